The molecule has 0 aliphatic carbocycles. The van der Waals surface area contributed by atoms with Crippen LogP contribution in [0.25, 0.3) is 0 Å². The standard InChI is InChI=1S/C21H42O4/c1-5-9-11-17(7-3)13-24-19-15-23-16-20(21(19)22)25-14-18(8-4)12-10-6-2/h17-22H,5-16H2,1-4H3. The van der Waals surface area contributed by atoms with Crippen LogP contribution in [0.2, 0.25) is 0 Å². The van der Waals surface area contributed by atoms with Crippen LogP contribution in [-0.2, 0) is 14.2 Å². The van der Waals surface area contributed by atoms with Gasteiger partial charge in [0, 0.05) is 0 Å². The second-order valence-electron chi connectivity index (χ2n) is 7.60. The number of rotatable bonds is 14. The maximum atomic E-state index is 10.6. The molecule has 1 fully saturated rings. The minimum atomic E-state index is -0.582. The van der Waals surface area contributed by atoms with Crippen LogP contribution in [0.1, 0.15) is 79.1 Å². The summed E-state index contributed by atoms with van der Waals surface area (Å²) < 4.78 is 17.7. The molecule has 4 nitrogen and oxygen atoms in total. The molecule has 25 heavy (non-hydrogen) atoms. The normalized spacial score (nSPS) is 26.5. The highest BCUT2D eigenvalue weighted by Gasteiger charge is 2.34. The van der Waals surface area contributed by atoms with Crippen LogP contribution in [0.15, 0.2) is 0 Å². The molecule has 0 aromatic rings. The first kappa shape index (κ1) is 22.9. The van der Waals surface area contributed by atoms with Crippen molar-refractivity contribution in [3.8, 4) is 0 Å². The van der Waals surface area contributed by atoms with Gasteiger partial charge in [-0.15, -0.1) is 0 Å². The topological polar surface area (TPSA) is 47.9 Å². The maximum Gasteiger partial charge on any atom is 0.111 e. The highest BCUT2D eigenvalue weighted by molar-refractivity contribution is 4.82. The Balaban J connectivity index is 2.38. The van der Waals surface area contributed by atoms with E-state index >= 15 is 0 Å². The zero-order valence-electron chi connectivity index (χ0n) is 17.0. The summed E-state index contributed by atoms with van der Waals surface area (Å²) in [5.74, 6) is 1.15. The average molecular weight is 359 g/mol. The van der Waals surface area contributed by atoms with Gasteiger partial charge in [0.15, 0.2) is 0 Å². The van der Waals surface area contributed by atoms with E-state index in [-0.39, 0.29) is 12.2 Å². The number of aliphatic hydroxyl groups is 1. The summed E-state index contributed by atoms with van der Waals surface area (Å²) in [7, 11) is 0. The first-order chi connectivity index (χ1) is 12.2. The van der Waals surface area contributed by atoms with Crippen molar-refractivity contribution in [2.45, 2.75) is 97.4 Å². The lowest BCUT2D eigenvalue weighted by atomic mass is 9.99. The molecular weight excluding hydrogens is 316 g/mol. The van der Waals surface area contributed by atoms with Crippen LogP contribution in [-0.4, -0.2) is 49.8 Å². The molecule has 1 aliphatic rings. The highest BCUT2D eigenvalue weighted by atomic mass is 16.6. The Kier molecular flexibility index (Phi) is 12.8. The zero-order chi connectivity index (χ0) is 18.5. The van der Waals surface area contributed by atoms with Crippen molar-refractivity contribution in [3.05, 3.63) is 0 Å². The molecule has 0 aromatic carbocycles. The molecule has 0 aromatic heterocycles. The quantitative estimate of drug-likeness (QED) is 0.494. The van der Waals surface area contributed by atoms with Gasteiger partial charge in [0.25, 0.3) is 0 Å². The van der Waals surface area contributed by atoms with Crippen molar-refractivity contribution < 1.29 is 19.3 Å². The van der Waals surface area contributed by atoms with E-state index in [0.717, 1.165) is 12.8 Å². The summed E-state index contributed by atoms with van der Waals surface area (Å²) >= 11 is 0. The Bertz CT molecular complexity index is 282. The van der Waals surface area contributed by atoms with Crippen LogP contribution in [0.5, 0.6) is 0 Å². The lowest BCUT2D eigenvalue weighted by molar-refractivity contribution is -0.191. The van der Waals surface area contributed by atoms with E-state index in [1.54, 1.807) is 0 Å². The Hall–Kier alpha value is -0.160. The van der Waals surface area contributed by atoms with Crippen LogP contribution in [0.3, 0.4) is 0 Å². The van der Waals surface area contributed by atoms with Gasteiger partial charge in [-0.25, -0.2) is 0 Å². The maximum absolute atomic E-state index is 10.6. The number of aliphatic hydroxyl groups excluding tert-OH is 1. The van der Waals surface area contributed by atoms with E-state index < -0.39 is 6.10 Å². The molecule has 0 spiro atoms. The first-order valence-corrected chi connectivity index (χ1v) is 10.6. The number of hydrogen-bond acceptors (Lipinski definition) is 4. The van der Waals surface area contributed by atoms with E-state index in [1.807, 2.05) is 0 Å². The molecule has 1 rings (SSSR count). The summed E-state index contributed by atoms with van der Waals surface area (Å²) in [6.07, 6.45) is 8.48. The second kappa shape index (κ2) is 14.0. The van der Waals surface area contributed by atoms with Gasteiger partial charge < -0.3 is 19.3 Å². The minimum absolute atomic E-state index is 0.259. The molecule has 4 heteroatoms. The fourth-order valence-electron chi connectivity index (χ4n) is 3.35. The monoisotopic (exact) mass is 358 g/mol. The molecule has 4 unspecified atom stereocenters. The third-order valence-corrected chi connectivity index (χ3v) is 5.50. The molecule has 4 atom stereocenters. The van der Waals surface area contributed by atoms with Crippen molar-refractivity contribution in [2.24, 2.45) is 11.8 Å². The Morgan fingerprint density at radius 2 is 1.28 bits per heavy atom. The summed E-state index contributed by atoms with van der Waals surface area (Å²) in [4.78, 5) is 0. The van der Waals surface area contributed by atoms with E-state index in [9.17, 15) is 5.11 Å². The highest BCUT2D eigenvalue weighted by Crippen LogP contribution is 2.21. The van der Waals surface area contributed by atoms with Gasteiger partial charge in [0.1, 0.15) is 18.3 Å². The summed E-state index contributed by atoms with van der Waals surface area (Å²) in [5, 5.41) is 10.6. The molecule has 1 N–H and O–H groups in total. The molecule has 150 valence electrons. The van der Waals surface area contributed by atoms with Gasteiger partial charge in [-0.1, -0.05) is 66.2 Å². The number of unbranched alkanes of at least 4 members (excludes halogenated alkanes) is 2. The van der Waals surface area contributed by atoms with Gasteiger partial charge in [-0.2, -0.15) is 0 Å². The zero-order valence-corrected chi connectivity index (χ0v) is 17.0. The molecule has 1 saturated heterocycles. The molecule has 1 aliphatic heterocycles. The van der Waals surface area contributed by atoms with Crippen molar-refractivity contribution in [3.63, 3.8) is 0 Å². The van der Waals surface area contributed by atoms with Crippen molar-refractivity contribution in [1.82, 2.24) is 0 Å². The van der Waals surface area contributed by atoms with Crippen molar-refractivity contribution >= 4 is 0 Å². The summed E-state index contributed by atoms with van der Waals surface area (Å²) in [6, 6.07) is 0. The van der Waals surface area contributed by atoms with E-state index in [0.29, 0.717) is 38.3 Å². The molecule has 0 bridgehead atoms. The van der Waals surface area contributed by atoms with E-state index in [1.165, 1.54) is 38.5 Å². The average Bonchev–Trinajstić information content (AvgIpc) is 2.64. The lowest BCUT2D eigenvalue weighted by Crippen LogP contribution is -2.50. The van der Waals surface area contributed by atoms with Crippen LogP contribution >= 0.6 is 0 Å². The minimum Gasteiger partial charge on any atom is -0.388 e. The summed E-state index contributed by atoms with van der Waals surface area (Å²) in [6.45, 7) is 11.2. The molecule has 1 heterocycles. The van der Waals surface area contributed by atoms with Gasteiger partial charge in [0.05, 0.1) is 26.4 Å². The Labute approximate surface area is 155 Å². The number of ether oxygens (including phenoxy) is 3. The lowest BCUT2D eigenvalue weighted by Gasteiger charge is -2.35. The predicted octanol–water partition coefficient (Wildman–Crippen LogP) is 4.58. The van der Waals surface area contributed by atoms with Crippen molar-refractivity contribution in [2.75, 3.05) is 26.4 Å². The molecule has 0 saturated carbocycles. The third kappa shape index (κ3) is 8.85. The largest absolute Gasteiger partial charge is 0.388 e. The predicted molar refractivity (Wildman–Crippen MR) is 103 cm³/mol. The summed E-state index contributed by atoms with van der Waals surface area (Å²) in [5.41, 5.74) is 0. The Morgan fingerprint density at radius 3 is 1.64 bits per heavy atom. The van der Waals surface area contributed by atoms with E-state index in [2.05, 4.69) is 27.7 Å². The van der Waals surface area contributed by atoms with Crippen LogP contribution in [0.4, 0.5) is 0 Å². The molecule has 0 radical (unpaired) electrons. The van der Waals surface area contributed by atoms with Gasteiger partial charge in [0.2, 0.25) is 0 Å². The van der Waals surface area contributed by atoms with Crippen LogP contribution in [0, 0.1) is 11.8 Å². The van der Waals surface area contributed by atoms with E-state index in [4.69, 9.17) is 14.2 Å². The molecular formula is C21H42O4. The molecule has 0 amide bonds. The second-order valence-corrected chi connectivity index (χ2v) is 7.60. The number of hydrogen-bond donors (Lipinski definition) is 1. The van der Waals surface area contributed by atoms with Crippen molar-refractivity contribution in [1.29, 1.82) is 0 Å². The Morgan fingerprint density at radius 1 is 0.840 bits per heavy atom. The first-order valence-electron chi connectivity index (χ1n) is 10.6. The van der Waals surface area contributed by atoms with Gasteiger partial charge in [-0.3, -0.25) is 0 Å². The van der Waals surface area contributed by atoms with Gasteiger partial charge in [-0.05, 0) is 24.7 Å². The fraction of sp³-hybridized carbons (Fsp3) is 1.00. The fourth-order valence-corrected chi connectivity index (χ4v) is 3.35. The third-order valence-electron chi connectivity index (χ3n) is 5.50. The SMILES string of the molecule is CCCCC(CC)COC1COCC(OCC(CC)CCCC)C1O. The van der Waals surface area contributed by atoms with Crippen LogP contribution < -0.4 is 0 Å². The van der Waals surface area contributed by atoms with Gasteiger partial charge >= 0.3 is 0 Å². The smallest absolute Gasteiger partial charge is 0.111 e.